The number of benzene rings is 1. The molecule has 0 radical (unpaired) electrons. The molecule has 0 aliphatic rings. The summed E-state index contributed by atoms with van der Waals surface area (Å²) < 4.78 is 13.1. The summed E-state index contributed by atoms with van der Waals surface area (Å²) in [7, 11) is 0. The Balaban J connectivity index is 2.60. The van der Waals surface area contributed by atoms with Crippen LogP contribution in [0.3, 0.4) is 0 Å². The largest absolute Gasteiger partial charge is 0.345 e. The number of aryl methyl sites for hydroxylation is 1. The number of nitrogens with one attached hydrogen (secondary N) is 1. The van der Waals surface area contributed by atoms with E-state index in [1.165, 1.54) is 18.2 Å². The van der Waals surface area contributed by atoms with Crippen LogP contribution >= 0.6 is 0 Å². The normalized spacial score (nSPS) is 10.9. The van der Waals surface area contributed by atoms with Crippen molar-refractivity contribution in [2.24, 2.45) is 5.73 Å². The second-order valence-electron chi connectivity index (χ2n) is 3.57. The summed E-state index contributed by atoms with van der Waals surface area (Å²) in [5, 5.41) is 0.646. The molecule has 3 N–H and O–H groups in total. The van der Waals surface area contributed by atoms with Crippen LogP contribution < -0.4 is 11.4 Å². The number of aromatic nitrogens is 2. The molecule has 5 heteroatoms. The summed E-state index contributed by atoms with van der Waals surface area (Å²) in [4.78, 5) is 17.7. The van der Waals surface area contributed by atoms with E-state index in [2.05, 4.69) is 9.97 Å². The zero-order valence-electron chi connectivity index (χ0n) is 8.66. The Morgan fingerprint density at radius 2 is 2.25 bits per heavy atom. The Hall–Kier alpha value is -1.75. The van der Waals surface area contributed by atoms with Gasteiger partial charge in [-0.15, -0.1) is 0 Å². The molecule has 1 aromatic heterocycles. The van der Waals surface area contributed by atoms with Crippen molar-refractivity contribution in [1.82, 2.24) is 9.97 Å². The third-order valence-electron chi connectivity index (χ3n) is 2.39. The first-order valence-corrected chi connectivity index (χ1v) is 5.09. The van der Waals surface area contributed by atoms with Gasteiger partial charge in [-0.25, -0.2) is 9.18 Å². The number of H-pyrrole nitrogens is 1. The van der Waals surface area contributed by atoms with Crippen LogP contribution in [0, 0.1) is 5.82 Å². The Bertz CT molecular complexity index is 565. The predicted octanol–water partition coefficient (Wildman–Crippen LogP) is 0.954. The van der Waals surface area contributed by atoms with E-state index in [0.29, 0.717) is 29.6 Å². The van der Waals surface area contributed by atoms with E-state index in [1.807, 2.05) is 0 Å². The highest BCUT2D eigenvalue weighted by Crippen LogP contribution is 2.15. The lowest BCUT2D eigenvalue weighted by Gasteiger charge is -2.04. The Morgan fingerprint density at radius 3 is 3.00 bits per heavy atom. The summed E-state index contributed by atoms with van der Waals surface area (Å²) in [5.74, 6) is -0.338. The van der Waals surface area contributed by atoms with Gasteiger partial charge in [-0.1, -0.05) is 0 Å². The minimum Gasteiger partial charge on any atom is -0.330 e. The van der Waals surface area contributed by atoms with Crippen LogP contribution in [0.15, 0.2) is 23.0 Å². The average molecular weight is 221 g/mol. The van der Waals surface area contributed by atoms with Crippen molar-refractivity contribution in [2.75, 3.05) is 6.54 Å². The molecular weight excluding hydrogens is 209 g/mol. The van der Waals surface area contributed by atoms with Gasteiger partial charge in [-0.3, -0.25) is 0 Å². The molecule has 0 aliphatic heterocycles. The molecule has 0 amide bonds. The van der Waals surface area contributed by atoms with Gasteiger partial charge in [0.25, 0.3) is 0 Å². The summed E-state index contributed by atoms with van der Waals surface area (Å²) in [6.45, 7) is 0.529. The molecule has 0 spiro atoms. The van der Waals surface area contributed by atoms with Crippen molar-refractivity contribution < 1.29 is 4.39 Å². The Labute approximate surface area is 91.3 Å². The lowest BCUT2D eigenvalue weighted by molar-refractivity contribution is 0.629. The van der Waals surface area contributed by atoms with Gasteiger partial charge in [0.15, 0.2) is 0 Å². The molecule has 1 heterocycles. The highest BCUT2D eigenvalue weighted by Gasteiger charge is 2.05. The van der Waals surface area contributed by atoms with Crippen molar-refractivity contribution in [3.8, 4) is 0 Å². The fourth-order valence-electron chi connectivity index (χ4n) is 1.66. The molecule has 0 bridgehead atoms. The number of nitrogens with two attached hydrogens (primary N) is 1. The number of rotatable bonds is 3. The first-order valence-electron chi connectivity index (χ1n) is 5.09. The molecule has 1 aromatic carbocycles. The summed E-state index contributed by atoms with van der Waals surface area (Å²) in [5.41, 5.74) is 6.20. The van der Waals surface area contributed by atoms with E-state index in [9.17, 15) is 9.18 Å². The monoisotopic (exact) mass is 221 g/mol. The maximum atomic E-state index is 13.1. The number of halogens is 1. The molecule has 0 unspecified atom stereocenters. The van der Waals surface area contributed by atoms with Gasteiger partial charge in [0, 0.05) is 11.1 Å². The van der Waals surface area contributed by atoms with Crippen LogP contribution in [-0.4, -0.2) is 16.5 Å². The van der Waals surface area contributed by atoms with Crippen LogP contribution in [0.25, 0.3) is 10.9 Å². The lowest BCUT2D eigenvalue weighted by atomic mass is 10.1. The van der Waals surface area contributed by atoms with Crippen molar-refractivity contribution in [2.45, 2.75) is 12.8 Å². The number of fused-ring (bicyclic) bond motifs is 1. The van der Waals surface area contributed by atoms with Gasteiger partial charge >= 0.3 is 5.69 Å². The second kappa shape index (κ2) is 4.40. The number of hydrogen-bond donors (Lipinski definition) is 2. The summed E-state index contributed by atoms with van der Waals surface area (Å²) >= 11 is 0. The molecule has 0 saturated carbocycles. The van der Waals surface area contributed by atoms with Gasteiger partial charge in [-0.2, -0.15) is 4.98 Å². The molecule has 2 rings (SSSR count). The molecule has 84 valence electrons. The molecule has 0 atom stereocenters. The fraction of sp³-hybridized carbons (Fsp3) is 0.273. The number of aromatic amines is 1. The molecular formula is C11H12FN3O. The van der Waals surface area contributed by atoms with Crippen LogP contribution in [0.1, 0.15) is 12.1 Å². The topological polar surface area (TPSA) is 71.8 Å². The summed E-state index contributed by atoms with van der Waals surface area (Å²) in [6.07, 6.45) is 1.36. The van der Waals surface area contributed by atoms with E-state index in [1.54, 1.807) is 0 Å². The van der Waals surface area contributed by atoms with E-state index < -0.39 is 5.69 Å². The maximum absolute atomic E-state index is 13.1. The van der Waals surface area contributed by atoms with Gasteiger partial charge in [0.2, 0.25) is 0 Å². The average Bonchev–Trinajstić information content (AvgIpc) is 2.26. The zero-order chi connectivity index (χ0) is 11.5. The van der Waals surface area contributed by atoms with Crippen molar-refractivity contribution >= 4 is 10.9 Å². The van der Waals surface area contributed by atoms with Crippen LogP contribution in [0.2, 0.25) is 0 Å². The fourth-order valence-corrected chi connectivity index (χ4v) is 1.66. The molecule has 16 heavy (non-hydrogen) atoms. The van der Waals surface area contributed by atoms with Gasteiger partial charge in [-0.05, 0) is 37.6 Å². The van der Waals surface area contributed by atoms with E-state index in [4.69, 9.17) is 5.73 Å². The Morgan fingerprint density at radius 1 is 1.44 bits per heavy atom. The van der Waals surface area contributed by atoms with E-state index in [0.717, 1.165) is 6.42 Å². The number of hydrogen-bond acceptors (Lipinski definition) is 3. The highest BCUT2D eigenvalue weighted by molar-refractivity contribution is 5.80. The van der Waals surface area contributed by atoms with E-state index in [-0.39, 0.29) is 5.82 Å². The van der Waals surface area contributed by atoms with Crippen molar-refractivity contribution in [1.29, 1.82) is 0 Å². The first-order chi connectivity index (χ1) is 7.70. The van der Waals surface area contributed by atoms with Crippen LogP contribution in [0.5, 0.6) is 0 Å². The standard InChI is InChI=1S/C11H12FN3O/c12-7-3-4-10-8(6-7)9(2-1-5-13)14-11(16)15-10/h3-4,6H,1-2,5,13H2,(H,14,15,16). The van der Waals surface area contributed by atoms with Crippen LogP contribution in [-0.2, 0) is 6.42 Å². The second-order valence-corrected chi connectivity index (χ2v) is 3.57. The van der Waals surface area contributed by atoms with Crippen LogP contribution in [0.4, 0.5) is 4.39 Å². The zero-order valence-corrected chi connectivity index (χ0v) is 8.66. The minimum atomic E-state index is -0.411. The van der Waals surface area contributed by atoms with Gasteiger partial charge in [0.05, 0.1) is 5.52 Å². The quantitative estimate of drug-likeness (QED) is 0.810. The lowest BCUT2D eigenvalue weighted by Crippen LogP contribution is -2.14. The predicted molar refractivity (Wildman–Crippen MR) is 59.7 cm³/mol. The van der Waals surface area contributed by atoms with Gasteiger partial charge in [0.1, 0.15) is 5.82 Å². The summed E-state index contributed by atoms with van der Waals surface area (Å²) in [6, 6.07) is 4.18. The molecule has 0 aliphatic carbocycles. The van der Waals surface area contributed by atoms with Crippen molar-refractivity contribution in [3.63, 3.8) is 0 Å². The van der Waals surface area contributed by atoms with Crippen molar-refractivity contribution in [3.05, 3.63) is 40.2 Å². The first kappa shape index (κ1) is 10.8. The molecule has 2 aromatic rings. The molecule has 0 fully saturated rings. The maximum Gasteiger partial charge on any atom is 0.345 e. The van der Waals surface area contributed by atoms with Gasteiger partial charge < -0.3 is 10.7 Å². The Kier molecular flexibility index (Phi) is 2.96. The SMILES string of the molecule is NCCCc1[nH]c(=O)nc2ccc(F)cc12. The molecule has 0 saturated heterocycles. The number of nitrogens with zero attached hydrogens (tertiary/aromatic N) is 1. The third kappa shape index (κ3) is 2.09. The third-order valence-corrected chi connectivity index (χ3v) is 2.39. The minimum absolute atomic E-state index is 0.338. The molecule has 4 nitrogen and oxygen atoms in total. The van der Waals surface area contributed by atoms with E-state index >= 15 is 0 Å². The highest BCUT2D eigenvalue weighted by atomic mass is 19.1. The smallest absolute Gasteiger partial charge is 0.330 e.